The van der Waals surface area contributed by atoms with E-state index in [9.17, 15) is 0 Å². The second-order valence-electron chi connectivity index (χ2n) is 4.72. The molecule has 2 heterocycles. The van der Waals surface area contributed by atoms with Gasteiger partial charge in [0.1, 0.15) is 0 Å². The molecule has 82 valence electrons. The molecule has 1 atom stereocenters. The van der Waals surface area contributed by atoms with Gasteiger partial charge >= 0.3 is 0 Å². The van der Waals surface area contributed by atoms with Gasteiger partial charge in [-0.15, -0.1) is 0 Å². The molecule has 0 aromatic carbocycles. The number of nitrogens with zero attached hydrogens (tertiary/aromatic N) is 1. The van der Waals surface area contributed by atoms with Gasteiger partial charge in [-0.3, -0.25) is 4.90 Å². The van der Waals surface area contributed by atoms with E-state index in [1.165, 1.54) is 32.4 Å². The van der Waals surface area contributed by atoms with Crippen LogP contribution in [0.1, 0.15) is 26.2 Å². The summed E-state index contributed by atoms with van der Waals surface area (Å²) >= 11 is 0. The van der Waals surface area contributed by atoms with Crippen LogP contribution in [0.15, 0.2) is 0 Å². The zero-order valence-corrected chi connectivity index (χ0v) is 9.22. The SMILES string of the molecule is CCN1CCC2(CCCNC2)COC1. The van der Waals surface area contributed by atoms with Crippen LogP contribution in [0.2, 0.25) is 0 Å². The molecule has 0 bridgehead atoms. The van der Waals surface area contributed by atoms with Gasteiger partial charge in [0, 0.05) is 18.5 Å². The molecule has 1 unspecified atom stereocenters. The van der Waals surface area contributed by atoms with Crippen molar-refractivity contribution in [3.63, 3.8) is 0 Å². The predicted octanol–water partition coefficient (Wildman–Crippen LogP) is 1.06. The van der Waals surface area contributed by atoms with E-state index >= 15 is 0 Å². The highest BCUT2D eigenvalue weighted by Crippen LogP contribution is 2.32. The first kappa shape index (κ1) is 10.4. The summed E-state index contributed by atoms with van der Waals surface area (Å²) in [5.74, 6) is 0. The molecule has 0 saturated carbocycles. The summed E-state index contributed by atoms with van der Waals surface area (Å²) in [6, 6.07) is 0. The molecule has 14 heavy (non-hydrogen) atoms. The standard InChI is InChI=1S/C11H22N2O/c1-2-13-7-5-11(9-14-10-13)4-3-6-12-8-11/h12H,2-10H2,1H3. The second-order valence-corrected chi connectivity index (χ2v) is 4.72. The van der Waals surface area contributed by atoms with E-state index in [-0.39, 0.29) is 0 Å². The van der Waals surface area contributed by atoms with E-state index < -0.39 is 0 Å². The largest absolute Gasteiger partial charge is 0.365 e. The highest BCUT2D eigenvalue weighted by Gasteiger charge is 2.34. The van der Waals surface area contributed by atoms with Crippen LogP contribution in [-0.4, -0.2) is 44.4 Å². The molecule has 2 rings (SSSR count). The molecule has 3 heteroatoms. The minimum absolute atomic E-state index is 0.447. The molecule has 2 aliphatic heterocycles. The summed E-state index contributed by atoms with van der Waals surface area (Å²) in [6.07, 6.45) is 3.96. The Morgan fingerprint density at radius 1 is 1.43 bits per heavy atom. The molecule has 2 fully saturated rings. The Kier molecular flexibility index (Phi) is 3.42. The maximum absolute atomic E-state index is 5.78. The van der Waals surface area contributed by atoms with Crippen molar-refractivity contribution in [2.45, 2.75) is 26.2 Å². The normalized spacial score (nSPS) is 35.8. The predicted molar refractivity (Wildman–Crippen MR) is 57.2 cm³/mol. The lowest BCUT2D eigenvalue weighted by Gasteiger charge is -2.36. The van der Waals surface area contributed by atoms with Crippen molar-refractivity contribution < 1.29 is 4.74 Å². The molecule has 0 amide bonds. The van der Waals surface area contributed by atoms with Crippen LogP contribution in [0.25, 0.3) is 0 Å². The number of nitrogens with one attached hydrogen (secondary N) is 1. The molecule has 0 radical (unpaired) electrons. The van der Waals surface area contributed by atoms with Gasteiger partial charge < -0.3 is 10.1 Å². The van der Waals surface area contributed by atoms with E-state index in [0.29, 0.717) is 5.41 Å². The number of hydrogen-bond donors (Lipinski definition) is 1. The molecule has 1 N–H and O–H groups in total. The lowest BCUT2D eigenvalue weighted by Crippen LogP contribution is -2.43. The van der Waals surface area contributed by atoms with Gasteiger partial charge in [-0.25, -0.2) is 0 Å². The van der Waals surface area contributed by atoms with Crippen LogP contribution in [-0.2, 0) is 4.74 Å². The first-order valence-electron chi connectivity index (χ1n) is 5.85. The zero-order chi connectivity index (χ0) is 9.86. The topological polar surface area (TPSA) is 24.5 Å². The molecule has 0 aliphatic carbocycles. The monoisotopic (exact) mass is 198 g/mol. The van der Waals surface area contributed by atoms with Crippen LogP contribution < -0.4 is 5.32 Å². The van der Waals surface area contributed by atoms with Crippen LogP contribution in [0.4, 0.5) is 0 Å². The van der Waals surface area contributed by atoms with Crippen molar-refractivity contribution >= 4 is 0 Å². The third kappa shape index (κ3) is 2.27. The molecular weight excluding hydrogens is 176 g/mol. The van der Waals surface area contributed by atoms with Gasteiger partial charge in [-0.2, -0.15) is 0 Å². The maximum Gasteiger partial charge on any atom is 0.0990 e. The molecule has 2 aliphatic rings. The summed E-state index contributed by atoms with van der Waals surface area (Å²) in [5, 5.41) is 3.51. The summed E-state index contributed by atoms with van der Waals surface area (Å²) in [7, 11) is 0. The third-order valence-corrected chi connectivity index (χ3v) is 3.65. The van der Waals surface area contributed by atoms with Crippen molar-refractivity contribution in [1.82, 2.24) is 10.2 Å². The average molecular weight is 198 g/mol. The fourth-order valence-electron chi connectivity index (χ4n) is 2.54. The second kappa shape index (κ2) is 4.60. The van der Waals surface area contributed by atoms with Crippen LogP contribution in [0.3, 0.4) is 0 Å². The van der Waals surface area contributed by atoms with Gasteiger partial charge in [0.25, 0.3) is 0 Å². The Balaban J connectivity index is 1.92. The molecule has 2 saturated heterocycles. The minimum atomic E-state index is 0.447. The highest BCUT2D eigenvalue weighted by atomic mass is 16.5. The molecule has 3 nitrogen and oxygen atoms in total. The maximum atomic E-state index is 5.78. The Morgan fingerprint density at radius 2 is 2.36 bits per heavy atom. The van der Waals surface area contributed by atoms with Crippen LogP contribution in [0, 0.1) is 5.41 Å². The van der Waals surface area contributed by atoms with Crippen molar-refractivity contribution in [2.75, 3.05) is 39.5 Å². The molecule has 1 spiro atoms. The lowest BCUT2D eigenvalue weighted by atomic mass is 9.78. The fraction of sp³-hybridized carbons (Fsp3) is 1.00. The Hall–Kier alpha value is -0.120. The van der Waals surface area contributed by atoms with Gasteiger partial charge in [0.05, 0.1) is 13.3 Å². The Labute approximate surface area is 86.8 Å². The first-order chi connectivity index (χ1) is 6.85. The van der Waals surface area contributed by atoms with E-state index in [0.717, 1.165) is 26.4 Å². The van der Waals surface area contributed by atoms with Crippen molar-refractivity contribution in [2.24, 2.45) is 5.41 Å². The summed E-state index contributed by atoms with van der Waals surface area (Å²) < 4.78 is 5.78. The van der Waals surface area contributed by atoms with Crippen LogP contribution in [0.5, 0.6) is 0 Å². The van der Waals surface area contributed by atoms with Gasteiger partial charge in [0.15, 0.2) is 0 Å². The first-order valence-corrected chi connectivity index (χ1v) is 5.85. The highest BCUT2D eigenvalue weighted by molar-refractivity contribution is 4.87. The van der Waals surface area contributed by atoms with Gasteiger partial charge in [-0.05, 0) is 32.4 Å². The van der Waals surface area contributed by atoms with E-state index in [1.54, 1.807) is 0 Å². The average Bonchev–Trinajstić information content (AvgIpc) is 2.42. The summed E-state index contributed by atoms with van der Waals surface area (Å²) in [5.41, 5.74) is 0.447. The van der Waals surface area contributed by atoms with E-state index in [1.807, 2.05) is 0 Å². The summed E-state index contributed by atoms with van der Waals surface area (Å²) in [6.45, 7) is 8.67. The van der Waals surface area contributed by atoms with Crippen molar-refractivity contribution in [3.05, 3.63) is 0 Å². The lowest BCUT2D eigenvalue weighted by molar-refractivity contribution is 0.0105. The summed E-state index contributed by atoms with van der Waals surface area (Å²) in [4.78, 5) is 2.39. The smallest absolute Gasteiger partial charge is 0.0990 e. The molecular formula is C11H22N2O. The number of hydrogen-bond acceptors (Lipinski definition) is 3. The quantitative estimate of drug-likeness (QED) is 0.682. The minimum Gasteiger partial charge on any atom is -0.365 e. The Morgan fingerprint density at radius 3 is 3.07 bits per heavy atom. The van der Waals surface area contributed by atoms with Crippen molar-refractivity contribution in [3.8, 4) is 0 Å². The van der Waals surface area contributed by atoms with Gasteiger partial charge in [-0.1, -0.05) is 6.92 Å². The van der Waals surface area contributed by atoms with E-state index in [2.05, 4.69) is 17.1 Å². The third-order valence-electron chi connectivity index (χ3n) is 3.65. The molecule has 0 aromatic heterocycles. The zero-order valence-electron chi connectivity index (χ0n) is 9.22. The van der Waals surface area contributed by atoms with E-state index in [4.69, 9.17) is 4.74 Å². The van der Waals surface area contributed by atoms with Crippen LogP contribution >= 0.6 is 0 Å². The number of rotatable bonds is 1. The molecule has 0 aromatic rings. The fourth-order valence-corrected chi connectivity index (χ4v) is 2.54. The number of piperidine rings is 1. The number of ether oxygens (including phenoxy) is 1. The van der Waals surface area contributed by atoms with Crippen molar-refractivity contribution in [1.29, 1.82) is 0 Å². The Bertz CT molecular complexity index is 178. The van der Waals surface area contributed by atoms with Gasteiger partial charge in [0.2, 0.25) is 0 Å².